The molecule has 0 radical (unpaired) electrons. The molecular weight excluding hydrogens is 297 g/mol. The van der Waals surface area contributed by atoms with Crippen LogP contribution >= 0.6 is 11.6 Å². The number of rotatable bonds is 2. The number of imidazole rings is 1. The molecule has 0 aliphatic rings. The van der Waals surface area contributed by atoms with Crippen LogP contribution < -0.4 is 5.48 Å². The number of amides is 1. The normalized spacial score (nSPS) is 10.8. The molecule has 0 saturated carbocycles. The number of hydroxylamine groups is 1. The van der Waals surface area contributed by atoms with Crippen molar-refractivity contribution in [3.63, 3.8) is 0 Å². The lowest BCUT2D eigenvalue weighted by Gasteiger charge is -1.98. The van der Waals surface area contributed by atoms with Gasteiger partial charge in [-0.05, 0) is 36.4 Å². The van der Waals surface area contributed by atoms with Gasteiger partial charge >= 0.3 is 0 Å². The standard InChI is InChI=1S/C14H9ClFN3O2/c15-9-3-1-7(5-10(9)16)13-17-11-4-2-8(14(20)19-21)6-12(11)18-13/h1-6,21H,(H,17,18)(H,19,20). The summed E-state index contributed by atoms with van der Waals surface area (Å²) in [5.41, 5.74) is 3.60. The fraction of sp³-hybridized carbons (Fsp3) is 0. The van der Waals surface area contributed by atoms with Gasteiger partial charge in [0, 0.05) is 11.1 Å². The van der Waals surface area contributed by atoms with Crippen LogP contribution in [0.5, 0.6) is 0 Å². The van der Waals surface area contributed by atoms with Gasteiger partial charge < -0.3 is 4.98 Å². The Morgan fingerprint density at radius 3 is 2.81 bits per heavy atom. The summed E-state index contributed by atoms with van der Waals surface area (Å²) in [4.78, 5) is 18.7. The Balaban J connectivity index is 2.08. The Hall–Kier alpha value is -2.44. The van der Waals surface area contributed by atoms with Crippen LogP contribution in [-0.2, 0) is 0 Å². The molecule has 0 unspecified atom stereocenters. The number of nitrogens with one attached hydrogen (secondary N) is 2. The van der Waals surface area contributed by atoms with Gasteiger partial charge in [-0.2, -0.15) is 0 Å². The lowest BCUT2D eigenvalue weighted by molar-refractivity contribution is 0.0706. The molecule has 0 atom stereocenters. The summed E-state index contributed by atoms with van der Waals surface area (Å²) in [5.74, 6) is -0.692. The first-order chi connectivity index (χ1) is 10.1. The Kier molecular flexibility index (Phi) is 3.32. The molecule has 0 bridgehead atoms. The van der Waals surface area contributed by atoms with Gasteiger partial charge in [0.25, 0.3) is 5.91 Å². The van der Waals surface area contributed by atoms with E-state index in [9.17, 15) is 9.18 Å². The Bertz CT molecular complexity index is 847. The highest BCUT2D eigenvalue weighted by atomic mass is 35.5. The Labute approximate surface area is 123 Å². The maximum Gasteiger partial charge on any atom is 0.274 e. The van der Waals surface area contributed by atoms with Crippen LogP contribution in [0.2, 0.25) is 5.02 Å². The van der Waals surface area contributed by atoms with Crippen LogP contribution in [0.15, 0.2) is 36.4 Å². The SMILES string of the molecule is O=C(NO)c1ccc2nc(-c3ccc(Cl)c(F)c3)[nH]c2c1. The minimum atomic E-state index is -0.620. The van der Waals surface area contributed by atoms with E-state index < -0.39 is 11.7 Å². The van der Waals surface area contributed by atoms with E-state index in [1.165, 1.54) is 18.2 Å². The van der Waals surface area contributed by atoms with Crippen molar-refractivity contribution in [2.75, 3.05) is 0 Å². The van der Waals surface area contributed by atoms with E-state index >= 15 is 0 Å². The van der Waals surface area contributed by atoms with Crippen LogP contribution in [0, 0.1) is 5.82 Å². The number of halogens is 2. The van der Waals surface area contributed by atoms with Crippen molar-refractivity contribution in [3.05, 3.63) is 52.8 Å². The summed E-state index contributed by atoms with van der Waals surface area (Å²) in [5, 5.41) is 8.66. The van der Waals surface area contributed by atoms with Crippen molar-refractivity contribution in [2.45, 2.75) is 0 Å². The van der Waals surface area contributed by atoms with Crippen LogP contribution in [0.1, 0.15) is 10.4 Å². The number of hydrogen-bond acceptors (Lipinski definition) is 3. The fourth-order valence-electron chi connectivity index (χ4n) is 2.00. The van der Waals surface area contributed by atoms with Gasteiger partial charge in [0.15, 0.2) is 0 Å². The van der Waals surface area contributed by atoms with Crippen LogP contribution in [0.4, 0.5) is 4.39 Å². The molecule has 7 heteroatoms. The first kappa shape index (κ1) is 13.5. The largest absolute Gasteiger partial charge is 0.338 e. The van der Waals surface area contributed by atoms with Gasteiger partial charge in [0.1, 0.15) is 11.6 Å². The van der Waals surface area contributed by atoms with Gasteiger partial charge in [0.2, 0.25) is 0 Å². The van der Waals surface area contributed by atoms with Crippen molar-refractivity contribution < 1.29 is 14.4 Å². The number of carbonyl (C=O) groups excluding carboxylic acids is 1. The van der Waals surface area contributed by atoms with Crippen LogP contribution in [-0.4, -0.2) is 21.1 Å². The summed E-state index contributed by atoms with van der Waals surface area (Å²) in [6.45, 7) is 0. The van der Waals surface area contributed by atoms with E-state index in [0.717, 1.165) is 0 Å². The molecule has 1 heterocycles. The molecule has 1 aromatic heterocycles. The number of hydrogen-bond donors (Lipinski definition) is 3. The molecule has 0 aliphatic carbocycles. The lowest BCUT2D eigenvalue weighted by atomic mass is 10.2. The Morgan fingerprint density at radius 2 is 2.10 bits per heavy atom. The zero-order chi connectivity index (χ0) is 15.0. The number of fused-ring (bicyclic) bond motifs is 1. The minimum absolute atomic E-state index is 0.0387. The number of aromatic nitrogens is 2. The van der Waals surface area contributed by atoms with Gasteiger partial charge in [0.05, 0.1) is 16.1 Å². The summed E-state index contributed by atoms with van der Waals surface area (Å²) < 4.78 is 13.5. The van der Waals surface area contributed by atoms with Crippen molar-refractivity contribution in [1.29, 1.82) is 0 Å². The second-order valence-corrected chi connectivity index (χ2v) is 4.79. The van der Waals surface area contributed by atoms with Gasteiger partial charge in [-0.25, -0.2) is 14.9 Å². The first-order valence-corrected chi connectivity index (χ1v) is 6.36. The highest BCUT2D eigenvalue weighted by molar-refractivity contribution is 6.30. The van der Waals surface area contributed by atoms with E-state index in [2.05, 4.69) is 9.97 Å². The number of aromatic amines is 1. The third-order valence-corrected chi connectivity index (χ3v) is 3.35. The summed E-state index contributed by atoms with van der Waals surface area (Å²) in [6.07, 6.45) is 0. The number of nitrogens with zero attached hydrogens (tertiary/aromatic N) is 1. The molecular formula is C14H9ClFN3O2. The van der Waals surface area contributed by atoms with Crippen molar-refractivity contribution >= 4 is 28.5 Å². The smallest absolute Gasteiger partial charge is 0.274 e. The topological polar surface area (TPSA) is 78.0 Å². The molecule has 0 saturated heterocycles. The van der Waals surface area contributed by atoms with E-state index in [-0.39, 0.29) is 10.6 Å². The van der Waals surface area contributed by atoms with E-state index in [1.54, 1.807) is 23.7 Å². The van der Waals surface area contributed by atoms with Gasteiger partial charge in [-0.15, -0.1) is 0 Å². The first-order valence-electron chi connectivity index (χ1n) is 5.98. The molecule has 21 heavy (non-hydrogen) atoms. The summed E-state index contributed by atoms with van der Waals surface area (Å²) >= 11 is 5.64. The van der Waals surface area contributed by atoms with E-state index in [1.807, 2.05) is 0 Å². The Morgan fingerprint density at radius 1 is 1.29 bits per heavy atom. The van der Waals surface area contributed by atoms with Crippen molar-refractivity contribution in [1.82, 2.24) is 15.4 Å². The van der Waals surface area contributed by atoms with E-state index in [4.69, 9.17) is 16.8 Å². The van der Waals surface area contributed by atoms with Gasteiger partial charge in [-0.1, -0.05) is 11.6 Å². The molecule has 1 amide bonds. The molecule has 3 aromatic rings. The predicted octanol–water partition coefficient (Wildman–Crippen LogP) is 3.14. The van der Waals surface area contributed by atoms with Crippen molar-refractivity contribution in [3.8, 4) is 11.4 Å². The minimum Gasteiger partial charge on any atom is -0.338 e. The average Bonchev–Trinajstić information content (AvgIpc) is 2.92. The van der Waals surface area contributed by atoms with Crippen molar-refractivity contribution in [2.24, 2.45) is 0 Å². The molecule has 2 aromatic carbocycles. The average molecular weight is 306 g/mol. The zero-order valence-electron chi connectivity index (χ0n) is 10.5. The quantitative estimate of drug-likeness (QED) is 0.503. The maximum atomic E-state index is 13.5. The molecule has 0 spiro atoms. The molecule has 0 fully saturated rings. The van der Waals surface area contributed by atoms with Crippen LogP contribution in [0.25, 0.3) is 22.4 Å². The predicted molar refractivity (Wildman–Crippen MR) is 75.8 cm³/mol. The number of benzene rings is 2. The number of H-pyrrole nitrogens is 1. The maximum absolute atomic E-state index is 13.5. The summed E-state index contributed by atoms with van der Waals surface area (Å²) in [6, 6.07) is 9.08. The second kappa shape index (κ2) is 5.16. The molecule has 0 aliphatic heterocycles. The van der Waals surface area contributed by atoms with Crippen LogP contribution in [0.3, 0.4) is 0 Å². The molecule has 5 nitrogen and oxygen atoms in total. The van der Waals surface area contributed by atoms with Gasteiger partial charge in [-0.3, -0.25) is 10.0 Å². The number of carbonyl (C=O) groups is 1. The molecule has 106 valence electrons. The molecule has 3 rings (SSSR count). The zero-order valence-corrected chi connectivity index (χ0v) is 11.3. The van der Waals surface area contributed by atoms with E-state index in [0.29, 0.717) is 22.4 Å². The second-order valence-electron chi connectivity index (χ2n) is 4.39. The lowest BCUT2D eigenvalue weighted by Crippen LogP contribution is -2.18. The third kappa shape index (κ3) is 2.46. The monoisotopic (exact) mass is 305 g/mol. The summed E-state index contributed by atoms with van der Waals surface area (Å²) in [7, 11) is 0. The molecule has 3 N–H and O–H groups in total. The highest BCUT2D eigenvalue weighted by Crippen LogP contribution is 2.24. The third-order valence-electron chi connectivity index (χ3n) is 3.04. The highest BCUT2D eigenvalue weighted by Gasteiger charge is 2.10. The fourth-order valence-corrected chi connectivity index (χ4v) is 2.11.